The van der Waals surface area contributed by atoms with E-state index in [1.165, 1.54) is 11.1 Å². The number of sulfone groups is 1. The summed E-state index contributed by atoms with van der Waals surface area (Å²) in [5.74, 6) is 1.66. The van der Waals surface area contributed by atoms with Crippen LogP contribution >= 0.6 is 0 Å². The smallest absolute Gasteiger partial charge is 0.150 e. The molecule has 0 aromatic heterocycles. The Morgan fingerprint density at radius 2 is 1.82 bits per heavy atom. The minimum atomic E-state index is -2.75. The fraction of sp³-hybridized carbons (Fsp3) is 0.571. The fourth-order valence-electron chi connectivity index (χ4n) is 2.40. The lowest BCUT2D eigenvalue weighted by atomic mass is 9.90. The molecule has 2 nitrogen and oxygen atoms in total. The summed E-state index contributed by atoms with van der Waals surface area (Å²) in [6.45, 7) is 4.37. The summed E-state index contributed by atoms with van der Waals surface area (Å²) in [7, 11) is -2.75. The Kier molecular flexibility index (Phi) is 3.57. The van der Waals surface area contributed by atoms with Crippen molar-refractivity contribution in [2.24, 2.45) is 0 Å². The van der Waals surface area contributed by atoms with Crippen LogP contribution in [0.5, 0.6) is 0 Å². The van der Waals surface area contributed by atoms with Gasteiger partial charge in [-0.05, 0) is 35.8 Å². The molecular formula is C14H20O2S. The van der Waals surface area contributed by atoms with Gasteiger partial charge in [0.25, 0.3) is 0 Å². The van der Waals surface area contributed by atoms with E-state index in [2.05, 4.69) is 38.1 Å². The fourth-order valence-corrected chi connectivity index (χ4v) is 3.89. The Hall–Kier alpha value is -0.830. The van der Waals surface area contributed by atoms with Crippen LogP contribution in [0.15, 0.2) is 24.3 Å². The molecule has 0 radical (unpaired) electrons. The number of rotatable bonds is 2. The molecule has 0 N–H and O–H groups in total. The van der Waals surface area contributed by atoms with Gasteiger partial charge in [0.15, 0.2) is 0 Å². The van der Waals surface area contributed by atoms with Crippen LogP contribution in [0.3, 0.4) is 0 Å². The predicted octanol–water partition coefficient (Wildman–Crippen LogP) is 3.10. The van der Waals surface area contributed by atoms with Gasteiger partial charge in [0.05, 0.1) is 11.5 Å². The molecule has 94 valence electrons. The van der Waals surface area contributed by atoms with Crippen LogP contribution in [0.1, 0.15) is 49.7 Å². The summed E-state index contributed by atoms with van der Waals surface area (Å²) >= 11 is 0. The minimum absolute atomic E-state index is 0.351. The third-order valence-electron chi connectivity index (χ3n) is 3.60. The Balaban J connectivity index is 2.16. The molecular weight excluding hydrogens is 232 g/mol. The third kappa shape index (κ3) is 3.09. The average molecular weight is 252 g/mol. The van der Waals surface area contributed by atoms with E-state index >= 15 is 0 Å². The quantitative estimate of drug-likeness (QED) is 0.810. The van der Waals surface area contributed by atoms with E-state index in [0.717, 1.165) is 12.8 Å². The second-order valence-electron chi connectivity index (χ2n) is 5.25. The van der Waals surface area contributed by atoms with Gasteiger partial charge in [-0.3, -0.25) is 0 Å². The largest absolute Gasteiger partial charge is 0.229 e. The van der Waals surface area contributed by atoms with E-state index in [-0.39, 0.29) is 0 Å². The Morgan fingerprint density at radius 1 is 1.18 bits per heavy atom. The highest BCUT2D eigenvalue weighted by molar-refractivity contribution is 7.91. The zero-order valence-electron chi connectivity index (χ0n) is 10.5. The summed E-state index contributed by atoms with van der Waals surface area (Å²) in [6, 6.07) is 8.61. The monoisotopic (exact) mass is 252 g/mol. The molecule has 1 heterocycles. The van der Waals surface area contributed by atoms with Crippen LogP contribution in [0.4, 0.5) is 0 Å². The molecule has 0 atom stereocenters. The number of hydrogen-bond acceptors (Lipinski definition) is 2. The van der Waals surface area contributed by atoms with Crippen molar-refractivity contribution < 1.29 is 8.42 Å². The second-order valence-corrected chi connectivity index (χ2v) is 7.55. The van der Waals surface area contributed by atoms with E-state index in [9.17, 15) is 8.42 Å². The second kappa shape index (κ2) is 4.81. The van der Waals surface area contributed by atoms with Gasteiger partial charge >= 0.3 is 0 Å². The Labute approximate surface area is 104 Å². The Morgan fingerprint density at radius 3 is 2.41 bits per heavy atom. The first-order valence-electron chi connectivity index (χ1n) is 6.28. The zero-order chi connectivity index (χ0) is 12.5. The van der Waals surface area contributed by atoms with Crippen molar-refractivity contribution in [3.05, 3.63) is 35.4 Å². The van der Waals surface area contributed by atoms with E-state index in [0.29, 0.717) is 23.3 Å². The van der Waals surface area contributed by atoms with Crippen molar-refractivity contribution >= 4 is 9.84 Å². The van der Waals surface area contributed by atoms with E-state index in [1.807, 2.05) is 0 Å². The minimum Gasteiger partial charge on any atom is -0.229 e. The first kappa shape index (κ1) is 12.6. The van der Waals surface area contributed by atoms with Gasteiger partial charge in [-0.25, -0.2) is 8.42 Å². The molecule has 1 fully saturated rings. The molecule has 1 aromatic carbocycles. The summed E-state index contributed by atoms with van der Waals surface area (Å²) in [4.78, 5) is 0. The number of hydrogen-bond donors (Lipinski definition) is 0. The third-order valence-corrected chi connectivity index (χ3v) is 5.32. The molecule has 2 rings (SSSR count). The SMILES string of the molecule is CC(C)c1cccc(C2CCS(=O)(=O)CC2)c1. The highest BCUT2D eigenvalue weighted by Crippen LogP contribution is 2.30. The molecule has 0 bridgehead atoms. The standard InChI is InChI=1S/C14H20O2S/c1-11(2)13-4-3-5-14(10-13)12-6-8-17(15,16)9-7-12/h3-5,10-12H,6-9H2,1-2H3. The van der Waals surface area contributed by atoms with Gasteiger partial charge in [-0.2, -0.15) is 0 Å². The molecule has 17 heavy (non-hydrogen) atoms. The maximum Gasteiger partial charge on any atom is 0.150 e. The molecule has 1 aliphatic rings. The van der Waals surface area contributed by atoms with Gasteiger partial charge in [-0.15, -0.1) is 0 Å². The maximum atomic E-state index is 11.4. The lowest BCUT2D eigenvalue weighted by Crippen LogP contribution is -2.22. The first-order chi connectivity index (χ1) is 7.98. The highest BCUT2D eigenvalue weighted by atomic mass is 32.2. The highest BCUT2D eigenvalue weighted by Gasteiger charge is 2.24. The van der Waals surface area contributed by atoms with Gasteiger partial charge in [-0.1, -0.05) is 38.1 Å². The van der Waals surface area contributed by atoms with Crippen LogP contribution in [-0.4, -0.2) is 19.9 Å². The summed E-state index contributed by atoms with van der Waals surface area (Å²) in [5.41, 5.74) is 2.65. The molecule has 0 amide bonds. The summed E-state index contributed by atoms with van der Waals surface area (Å²) in [6.07, 6.45) is 1.56. The maximum absolute atomic E-state index is 11.4. The lowest BCUT2D eigenvalue weighted by molar-refractivity contribution is 0.550. The van der Waals surface area contributed by atoms with E-state index in [1.54, 1.807) is 0 Å². The molecule has 0 spiro atoms. The van der Waals surface area contributed by atoms with Crippen molar-refractivity contribution in [1.82, 2.24) is 0 Å². The van der Waals surface area contributed by atoms with Gasteiger partial charge in [0.1, 0.15) is 9.84 Å². The molecule has 0 unspecified atom stereocenters. The molecule has 1 aliphatic heterocycles. The van der Waals surface area contributed by atoms with Gasteiger partial charge < -0.3 is 0 Å². The molecule has 0 saturated carbocycles. The van der Waals surface area contributed by atoms with Crippen molar-refractivity contribution in [2.45, 2.75) is 38.5 Å². The summed E-state index contributed by atoms with van der Waals surface area (Å²) < 4.78 is 22.8. The van der Waals surface area contributed by atoms with Crippen LogP contribution in [0, 0.1) is 0 Å². The van der Waals surface area contributed by atoms with Gasteiger partial charge in [0.2, 0.25) is 0 Å². The molecule has 1 saturated heterocycles. The van der Waals surface area contributed by atoms with Crippen LogP contribution in [0.2, 0.25) is 0 Å². The normalized spacial score (nSPS) is 20.6. The predicted molar refractivity (Wildman–Crippen MR) is 71.2 cm³/mol. The average Bonchev–Trinajstić information content (AvgIpc) is 2.29. The first-order valence-corrected chi connectivity index (χ1v) is 8.10. The van der Waals surface area contributed by atoms with Gasteiger partial charge in [0, 0.05) is 0 Å². The number of benzene rings is 1. The van der Waals surface area contributed by atoms with Crippen molar-refractivity contribution in [1.29, 1.82) is 0 Å². The van der Waals surface area contributed by atoms with Crippen molar-refractivity contribution in [2.75, 3.05) is 11.5 Å². The summed E-state index contributed by atoms with van der Waals surface area (Å²) in [5, 5.41) is 0. The lowest BCUT2D eigenvalue weighted by Gasteiger charge is -2.23. The zero-order valence-corrected chi connectivity index (χ0v) is 11.3. The van der Waals surface area contributed by atoms with E-state index in [4.69, 9.17) is 0 Å². The molecule has 1 aromatic rings. The van der Waals surface area contributed by atoms with Crippen molar-refractivity contribution in [3.8, 4) is 0 Å². The molecule has 3 heteroatoms. The molecule has 0 aliphatic carbocycles. The van der Waals surface area contributed by atoms with Crippen molar-refractivity contribution in [3.63, 3.8) is 0 Å². The van der Waals surface area contributed by atoms with Crippen LogP contribution in [-0.2, 0) is 9.84 Å². The van der Waals surface area contributed by atoms with E-state index < -0.39 is 9.84 Å². The topological polar surface area (TPSA) is 34.1 Å². The van der Waals surface area contributed by atoms with Crippen LogP contribution < -0.4 is 0 Å². The van der Waals surface area contributed by atoms with Crippen LogP contribution in [0.25, 0.3) is 0 Å². The Bertz CT molecular complexity index is 475.